The molecular weight excluding hydrogens is 284 g/mol. The maximum absolute atomic E-state index is 10.8. The lowest BCUT2D eigenvalue weighted by molar-refractivity contribution is -0.380. The molecule has 3 rings (SSSR count). The molecule has 2 aromatic rings. The maximum atomic E-state index is 10.8. The van der Waals surface area contributed by atoms with E-state index in [-0.39, 0.29) is 5.00 Å². The molecule has 2 aromatic heterocycles. The number of aromatic nitrogens is 2. The molecule has 9 heteroatoms. The Morgan fingerprint density at radius 3 is 2.70 bits per heavy atom. The first kappa shape index (κ1) is 13.2. The first-order chi connectivity index (χ1) is 9.54. The van der Waals surface area contributed by atoms with E-state index in [1.807, 2.05) is 0 Å². The average molecular weight is 296 g/mol. The van der Waals surface area contributed by atoms with E-state index in [1.54, 1.807) is 4.90 Å². The zero-order chi connectivity index (χ0) is 14.3. The summed E-state index contributed by atoms with van der Waals surface area (Å²) in [5.74, 6) is 0.511. The number of β-amino-alcohol motifs (C(OH)–C–C–N with tert-alkyl or cyclic N) is 2. The van der Waals surface area contributed by atoms with E-state index in [0.29, 0.717) is 35.5 Å². The molecule has 0 amide bonds. The van der Waals surface area contributed by atoms with Crippen molar-refractivity contribution in [1.29, 1.82) is 0 Å². The minimum absolute atomic E-state index is 0.000133. The molecule has 2 atom stereocenters. The maximum Gasteiger partial charge on any atom is 0.326 e. The predicted octanol–water partition coefficient (Wildman–Crippen LogP) is 0.531. The Bertz CT molecular complexity index is 651. The number of thiophene rings is 1. The second-order valence-corrected chi connectivity index (χ2v) is 5.72. The van der Waals surface area contributed by atoms with Crippen LogP contribution in [0.5, 0.6) is 0 Å². The van der Waals surface area contributed by atoms with Crippen LogP contribution in [0.2, 0.25) is 0 Å². The normalized spacial score (nSPS) is 23.2. The van der Waals surface area contributed by atoms with E-state index in [9.17, 15) is 20.3 Å². The molecule has 0 bridgehead atoms. The molecule has 1 aliphatic rings. The SMILES string of the molecule is O=[N+]([O-])c1cc2c(N3C[C@H](O)C[C@H](O)C3)ncnc2s1. The fourth-order valence-corrected chi connectivity index (χ4v) is 3.20. The van der Waals surface area contributed by atoms with Gasteiger partial charge in [0.05, 0.1) is 22.5 Å². The van der Waals surface area contributed by atoms with Crippen LogP contribution in [0.4, 0.5) is 10.8 Å². The molecule has 0 radical (unpaired) electrons. The van der Waals surface area contributed by atoms with E-state index in [4.69, 9.17) is 0 Å². The zero-order valence-corrected chi connectivity index (χ0v) is 11.2. The van der Waals surface area contributed by atoms with Crippen molar-refractivity contribution in [3.8, 4) is 0 Å². The molecule has 2 N–H and O–H groups in total. The van der Waals surface area contributed by atoms with Crippen LogP contribution in [-0.4, -0.2) is 50.4 Å². The van der Waals surface area contributed by atoms with E-state index in [1.165, 1.54) is 12.4 Å². The van der Waals surface area contributed by atoms with Gasteiger partial charge in [0.25, 0.3) is 0 Å². The summed E-state index contributed by atoms with van der Waals surface area (Å²) in [5.41, 5.74) is 0. The number of fused-ring (bicyclic) bond motifs is 1. The Hall–Kier alpha value is -1.84. The molecule has 1 aliphatic heterocycles. The first-order valence-electron chi connectivity index (χ1n) is 6.04. The van der Waals surface area contributed by atoms with Crippen LogP contribution in [0.25, 0.3) is 10.2 Å². The highest BCUT2D eigenvalue weighted by Crippen LogP contribution is 2.35. The number of hydrogen-bond donors (Lipinski definition) is 2. The quantitative estimate of drug-likeness (QED) is 0.614. The molecule has 3 heterocycles. The summed E-state index contributed by atoms with van der Waals surface area (Å²) in [4.78, 5) is 20.8. The lowest BCUT2D eigenvalue weighted by Crippen LogP contribution is -2.46. The van der Waals surface area contributed by atoms with Crippen LogP contribution in [0.15, 0.2) is 12.4 Å². The van der Waals surface area contributed by atoms with E-state index >= 15 is 0 Å². The summed E-state index contributed by atoms with van der Waals surface area (Å²) in [6.07, 6.45) is 0.384. The van der Waals surface area contributed by atoms with Gasteiger partial charge in [-0.1, -0.05) is 0 Å². The van der Waals surface area contributed by atoms with Gasteiger partial charge >= 0.3 is 5.00 Å². The van der Waals surface area contributed by atoms with Crippen molar-refractivity contribution < 1.29 is 15.1 Å². The molecule has 0 saturated carbocycles. The Morgan fingerprint density at radius 1 is 1.35 bits per heavy atom. The molecule has 0 aliphatic carbocycles. The number of nitro groups is 1. The third-order valence-corrected chi connectivity index (χ3v) is 4.18. The van der Waals surface area contributed by atoms with E-state index in [0.717, 1.165) is 11.3 Å². The smallest absolute Gasteiger partial charge is 0.326 e. The standard InChI is InChI=1S/C11H12N4O4S/c16-6-1-7(17)4-14(3-6)10-8-2-9(15(18)19)20-11(8)13-5-12-10/h2,5-7,16-17H,1,3-4H2/t6-,7+. The molecule has 0 unspecified atom stereocenters. The van der Waals surface area contributed by atoms with Crippen LogP contribution >= 0.6 is 11.3 Å². The number of anilines is 1. The van der Waals surface area contributed by atoms with Crippen molar-refractivity contribution in [2.75, 3.05) is 18.0 Å². The highest BCUT2D eigenvalue weighted by atomic mass is 32.1. The van der Waals surface area contributed by atoms with Crippen LogP contribution in [0.3, 0.4) is 0 Å². The minimum atomic E-state index is -0.641. The molecule has 0 aromatic carbocycles. The first-order valence-corrected chi connectivity index (χ1v) is 6.86. The zero-order valence-electron chi connectivity index (χ0n) is 10.3. The van der Waals surface area contributed by atoms with Crippen molar-refractivity contribution in [2.45, 2.75) is 18.6 Å². The summed E-state index contributed by atoms with van der Waals surface area (Å²) >= 11 is 0.983. The third kappa shape index (κ3) is 2.30. The number of nitrogens with zero attached hydrogens (tertiary/aromatic N) is 4. The van der Waals surface area contributed by atoms with Crippen LogP contribution in [-0.2, 0) is 0 Å². The fourth-order valence-electron chi connectivity index (χ4n) is 2.39. The Morgan fingerprint density at radius 2 is 2.05 bits per heavy atom. The number of piperidine rings is 1. The summed E-state index contributed by atoms with van der Waals surface area (Å²) in [7, 11) is 0. The number of aliphatic hydroxyl groups excluding tert-OH is 2. The largest absolute Gasteiger partial charge is 0.391 e. The molecule has 0 spiro atoms. The predicted molar refractivity (Wildman–Crippen MR) is 72.9 cm³/mol. The van der Waals surface area contributed by atoms with Gasteiger partial charge < -0.3 is 15.1 Å². The van der Waals surface area contributed by atoms with Gasteiger partial charge in [-0.2, -0.15) is 0 Å². The Labute approximate surface area is 117 Å². The van der Waals surface area contributed by atoms with E-state index in [2.05, 4.69) is 9.97 Å². The minimum Gasteiger partial charge on any atom is -0.391 e. The summed E-state index contributed by atoms with van der Waals surface area (Å²) in [6.45, 7) is 0.680. The third-order valence-electron chi connectivity index (χ3n) is 3.18. The van der Waals surface area contributed by atoms with Gasteiger partial charge in [-0.25, -0.2) is 9.97 Å². The number of hydrogen-bond acceptors (Lipinski definition) is 8. The lowest BCUT2D eigenvalue weighted by Gasteiger charge is -2.34. The van der Waals surface area contributed by atoms with Gasteiger partial charge in [0.15, 0.2) is 0 Å². The summed E-state index contributed by atoms with van der Waals surface area (Å²) in [5, 5.41) is 30.9. The Balaban J connectivity index is 2.04. The van der Waals surface area contributed by atoms with Crippen LogP contribution in [0, 0.1) is 10.1 Å². The monoisotopic (exact) mass is 296 g/mol. The van der Waals surface area contributed by atoms with Crippen LogP contribution in [0.1, 0.15) is 6.42 Å². The molecule has 1 saturated heterocycles. The lowest BCUT2D eigenvalue weighted by atomic mass is 10.1. The summed E-state index contributed by atoms with van der Waals surface area (Å²) < 4.78 is 0. The fraction of sp³-hybridized carbons (Fsp3) is 0.455. The second kappa shape index (κ2) is 4.93. The van der Waals surface area contributed by atoms with Crippen molar-refractivity contribution in [2.24, 2.45) is 0 Å². The number of aliphatic hydroxyl groups is 2. The van der Waals surface area contributed by atoms with Crippen LogP contribution < -0.4 is 4.90 Å². The van der Waals surface area contributed by atoms with Gasteiger partial charge in [-0.3, -0.25) is 10.1 Å². The van der Waals surface area contributed by atoms with Gasteiger partial charge in [-0.15, -0.1) is 0 Å². The average Bonchev–Trinajstić information content (AvgIpc) is 2.81. The number of rotatable bonds is 2. The van der Waals surface area contributed by atoms with Gasteiger partial charge in [0, 0.05) is 25.6 Å². The second-order valence-electron chi connectivity index (χ2n) is 4.71. The van der Waals surface area contributed by atoms with Crippen molar-refractivity contribution in [3.05, 3.63) is 22.5 Å². The van der Waals surface area contributed by atoms with Gasteiger partial charge in [0.2, 0.25) is 0 Å². The van der Waals surface area contributed by atoms with Crippen molar-refractivity contribution in [3.63, 3.8) is 0 Å². The highest BCUT2D eigenvalue weighted by molar-refractivity contribution is 7.21. The summed E-state index contributed by atoms with van der Waals surface area (Å²) in [6, 6.07) is 1.43. The molecular formula is C11H12N4O4S. The Kier molecular flexibility index (Phi) is 3.24. The highest BCUT2D eigenvalue weighted by Gasteiger charge is 2.27. The molecule has 8 nitrogen and oxygen atoms in total. The van der Waals surface area contributed by atoms with E-state index < -0.39 is 17.1 Å². The van der Waals surface area contributed by atoms with Crippen molar-refractivity contribution >= 4 is 32.4 Å². The molecule has 20 heavy (non-hydrogen) atoms. The molecule has 106 valence electrons. The topological polar surface area (TPSA) is 113 Å². The van der Waals surface area contributed by atoms with Gasteiger partial charge in [0.1, 0.15) is 17.0 Å². The van der Waals surface area contributed by atoms with Gasteiger partial charge in [-0.05, 0) is 11.3 Å². The van der Waals surface area contributed by atoms with Crippen molar-refractivity contribution in [1.82, 2.24) is 9.97 Å². The molecule has 1 fully saturated rings.